The molecular formula is C17H33NO10S3. The first-order valence-electron chi connectivity index (χ1n) is 10.0. The Morgan fingerprint density at radius 2 is 1.61 bits per heavy atom. The molecule has 0 aliphatic carbocycles. The number of aliphatic hydroxyl groups is 4. The molecule has 0 spiro atoms. The molecule has 5 N–H and O–H groups in total. The van der Waals surface area contributed by atoms with Gasteiger partial charge >= 0.3 is 10.4 Å². The van der Waals surface area contributed by atoms with Gasteiger partial charge in [-0.1, -0.05) is 49.0 Å². The van der Waals surface area contributed by atoms with Crippen molar-refractivity contribution in [1.82, 2.24) is 0 Å². The van der Waals surface area contributed by atoms with Crippen molar-refractivity contribution in [3.63, 3.8) is 0 Å². The van der Waals surface area contributed by atoms with Crippen LogP contribution in [-0.4, -0.2) is 91.1 Å². The highest BCUT2D eigenvalue weighted by atomic mass is 32.3. The number of unbranched alkanes of at least 4 members (excludes halogenated alkanes) is 6. The zero-order chi connectivity index (χ0) is 23.4. The van der Waals surface area contributed by atoms with Gasteiger partial charge in [0.2, 0.25) is 0 Å². The van der Waals surface area contributed by atoms with Crippen LogP contribution in [0.5, 0.6) is 0 Å². The Bertz CT molecular complexity index is 673. The number of rotatable bonds is 14. The highest BCUT2D eigenvalue weighted by molar-refractivity contribution is 8.14. The summed E-state index contributed by atoms with van der Waals surface area (Å²) in [6.07, 6.45) is 2.61. The van der Waals surface area contributed by atoms with E-state index in [0.717, 1.165) is 50.3 Å². The van der Waals surface area contributed by atoms with Crippen LogP contribution in [0.4, 0.5) is 0 Å². The number of hydrogen-bond donors (Lipinski definition) is 5. The summed E-state index contributed by atoms with van der Waals surface area (Å²) in [7, 11) is -5.58. The van der Waals surface area contributed by atoms with Crippen molar-refractivity contribution in [3.05, 3.63) is 0 Å². The quantitative estimate of drug-likeness (QED) is 0.0709. The van der Waals surface area contributed by atoms with Crippen molar-refractivity contribution in [3.8, 4) is 0 Å². The molecule has 1 aliphatic rings. The Hall–Kier alpha value is -0.320. The van der Waals surface area contributed by atoms with Crippen LogP contribution in [0.25, 0.3) is 0 Å². The number of aliphatic hydroxyl groups excluding tert-OH is 4. The van der Waals surface area contributed by atoms with Crippen molar-refractivity contribution in [2.45, 2.75) is 81.2 Å². The monoisotopic (exact) mass is 507 g/mol. The van der Waals surface area contributed by atoms with Gasteiger partial charge in [-0.25, -0.2) is 4.28 Å². The van der Waals surface area contributed by atoms with Gasteiger partial charge in [0.1, 0.15) is 34.9 Å². The number of ether oxygens (including phenoxy) is 1. The third-order valence-corrected chi connectivity index (χ3v) is 6.96. The molecule has 0 radical (unpaired) electrons. The average Bonchev–Trinajstić information content (AvgIpc) is 2.69. The van der Waals surface area contributed by atoms with Gasteiger partial charge in [-0.2, -0.15) is 8.42 Å². The van der Waals surface area contributed by atoms with Crippen LogP contribution in [0.2, 0.25) is 0 Å². The summed E-state index contributed by atoms with van der Waals surface area (Å²) >= 11 is 0.783. The van der Waals surface area contributed by atoms with E-state index in [1.165, 1.54) is 0 Å². The van der Waals surface area contributed by atoms with Crippen molar-refractivity contribution in [2.24, 2.45) is 5.16 Å². The summed E-state index contributed by atoms with van der Waals surface area (Å²) < 4.78 is 50.9. The van der Waals surface area contributed by atoms with E-state index in [-0.39, 0.29) is 11.5 Å². The lowest BCUT2D eigenvalue weighted by Gasteiger charge is -2.39. The SMILES string of the molecule is CS(=O)CCCCCCCCC/C(=N\OS(=O)(=O)O)SC1OC(CO)C(O)C(O)C1O. The van der Waals surface area contributed by atoms with Crippen molar-refractivity contribution in [1.29, 1.82) is 0 Å². The van der Waals surface area contributed by atoms with Crippen molar-refractivity contribution < 1.29 is 46.6 Å². The van der Waals surface area contributed by atoms with E-state index >= 15 is 0 Å². The maximum atomic E-state index is 11.0. The van der Waals surface area contributed by atoms with E-state index in [0.29, 0.717) is 12.2 Å². The molecule has 1 heterocycles. The molecule has 11 nitrogen and oxygen atoms in total. The fourth-order valence-electron chi connectivity index (χ4n) is 2.98. The van der Waals surface area contributed by atoms with Gasteiger partial charge in [0.25, 0.3) is 0 Å². The minimum absolute atomic E-state index is 0.104. The van der Waals surface area contributed by atoms with Gasteiger partial charge in [0, 0.05) is 22.8 Å². The fourth-order valence-corrected chi connectivity index (χ4v) is 4.93. The molecule has 0 aromatic rings. The Labute approximate surface area is 189 Å². The van der Waals surface area contributed by atoms with E-state index in [1.54, 1.807) is 6.26 Å². The molecule has 0 aromatic heterocycles. The molecule has 0 amide bonds. The van der Waals surface area contributed by atoms with E-state index in [2.05, 4.69) is 9.44 Å². The second kappa shape index (κ2) is 14.8. The van der Waals surface area contributed by atoms with Crippen LogP contribution in [0.1, 0.15) is 51.4 Å². The van der Waals surface area contributed by atoms with Crippen LogP contribution in [0.15, 0.2) is 5.16 Å². The predicted molar refractivity (Wildman–Crippen MR) is 117 cm³/mol. The van der Waals surface area contributed by atoms with Gasteiger partial charge in [-0.3, -0.25) is 8.76 Å². The Morgan fingerprint density at radius 1 is 1.03 bits per heavy atom. The standard InChI is InChI=1S/C17H33NO10S3/c1-30(23)10-8-6-4-2-3-5-7-9-13(18-28-31(24,25)26)29-17-16(22)15(21)14(20)12(11-19)27-17/h12,14-17,19-22H,2-11H2,1H3,(H,24,25,26)/b18-13+. The minimum atomic E-state index is -4.82. The maximum Gasteiger partial charge on any atom is 0.466 e. The lowest BCUT2D eigenvalue weighted by atomic mass is 10.0. The van der Waals surface area contributed by atoms with Crippen LogP contribution in [0.3, 0.4) is 0 Å². The van der Waals surface area contributed by atoms with E-state index in [4.69, 9.17) is 9.29 Å². The van der Waals surface area contributed by atoms with Gasteiger partial charge in [-0.05, 0) is 19.3 Å². The number of hydrogen-bond acceptors (Lipinski definition) is 11. The van der Waals surface area contributed by atoms with Gasteiger partial charge < -0.3 is 25.2 Å². The van der Waals surface area contributed by atoms with Gasteiger partial charge in [0.15, 0.2) is 0 Å². The first-order valence-corrected chi connectivity index (χ1v) is 14.0. The molecule has 0 bridgehead atoms. The molecule has 31 heavy (non-hydrogen) atoms. The van der Waals surface area contributed by atoms with E-state index < -0.39 is 57.7 Å². The molecule has 1 aliphatic heterocycles. The fraction of sp³-hybridized carbons (Fsp3) is 0.941. The molecule has 6 unspecified atom stereocenters. The van der Waals surface area contributed by atoms with Crippen molar-refractivity contribution >= 4 is 38.0 Å². The summed E-state index contributed by atoms with van der Waals surface area (Å²) in [5.41, 5.74) is -1.14. The number of thioether (sulfide) groups is 1. The number of nitrogens with zero attached hydrogens (tertiary/aromatic N) is 1. The summed E-state index contributed by atoms with van der Waals surface area (Å²) in [6.45, 7) is -0.593. The first-order chi connectivity index (χ1) is 14.5. The van der Waals surface area contributed by atoms with Crippen LogP contribution in [-0.2, 0) is 30.2 Å². The molecule has 14 heteroatoms. The molecule has 6 atom stereocenters. The molecule has 1 rings (SSSR count). The summed E-state index contributed by atoms with van der Waals surface area (Å²) in [5.74, 6) is 0.711. The minimum Gasteiger partial charge on any atom is -0.394 e. The third kappa shape index (κ3) is 11.9. The van der Waals surface area contributed by atoms with Gasteiger partial charge in [-0.15, -0.1) is 0 Å². The zero-order valence-corrected chi connectivity index (χ0v) is 19.9. The lowest BCUT2D eigenvalue weighted by molar-refractivity contribution is -0.205. The molecule has 184 valence electrons. The highest BCUT2D eigenvalue weighted by Gasteiger charge is 2.44. The van der Waals surface area contributed by atoms with Crippen molar-refractivity contribution in [2.75, 3.05) is 18.6 Å². The Balaban J connectivity index is 2.53. The maximum absolute atomic E-state index is 11.0. The summed E-state index contributed by atoms with van der Waals surface area (Å²) in [6, 6.07) is 0. The van der Waals surface area contributed by atoms with Crippen LogP contribution >= 0.6 is 11.8 Å². The molecule has 1 saturated heterocycles. The second-order valence-electron chi connectivity index (χ2n) is 7.30. The predicted octanol–water partition coefficient (Wildman–Crippen LogP) is 0.152. The Kier molecular flexibility index (Phi) is 13.7. The summed E-state index contributed by atoms with van der Waals surface area (Å²) in [5, 5.41) is 42.6. The normalized spacial score (nSPS) is 28.5. The van der Waals surface area contributed by atoms with E-state index in [9.17, 15) is 33.1 Å². The van der Waals surface area contributed by atoms with Gasteiger partial charge in [0.05, 0.1) is 6.61 Å². The third-order valence-electron chi connectivity index (χ3n) is 4.66. The largest absolute Gasteiger partial charge is 0.466 e. The second-order valence-corrected chi connectivity index (χ2v) is 11.0. The molecular weight excluding hydrogens is 474 g/mol. The smallest absolute Gasteiger partial charge is 0.394 e. The Morgan fingerprint density at radius 3 is 2.16 bits per heavy atom. The topological polar surface area (TPSA) is 183 Å². The lowest BCUT2D eigenvalue weighted by Crippen LogP contribution is -2.57. The number of oxime groups is 1. The first kappa shape index (κ1) is 28.7. The van der Waals surface area contributed by atoms with E-state index in [1.807, 2.05) is 0 Å². The highest BCUT2D eigenvalue weighted by Crippen LogP contribution is 2.30. The zero-order valence-electron chi connectivity index (χ0n) is 17.4. The summed E-state index contributed by atoms with van der Waals surface area (Å²) in [4.78, 5) is 0. The van der Waals surface area contributed by atoms with Crippen LogP contribution < -0.4 is 0 Å². The molecule has 0 aromatic carbocycles. The van der Waals surface area contributed by atoms with Crippen LogP contribution in [0, 0.1) is 0 Å². The average molecular weight is 508 g/mol. The molecule has 1 fully saturated rings. The molecule has 0 saturated carbocycles.